The Morgan fingerprint density at radius 1 is 0.968 bits per heavy atom. The Morgan fingerprint density at radius 2 is 1.71 bits per heavy atom. The molecule has 7 nitrogen and oxygen atoms in total. The molecule has 2 N–H and O–H groups in total. The quantitative estimate of drug-likeness (QED) is 0.460. The molecule has 0 atom stereocenters. The standard InChI is InChI=1S/C21H17Cl3N2O5/c1-29-17-6-3-13(9-16(17)24)26-20(27)10-25-21(28)19-7-4-14(31-19)11-30-18-5-2-12(22)8-15(18)23/h2-9H,10-11H2,1H3,(H,25,28)(H,26,27). The zero-order valence-electron chi connectivity index (χ0n) is 16.2. The highest BCUT2D eigenvalue weighted by Crippen LogP contribution is 2.28. The van der Waals surface area contributed by atoms with E-state index in [1.54, 1.807) is 42.5 Å². The van der Waals surface area contributed by atoms with Crippen LogP contribution in [0.5, 0.6) is 11.5 Å². The number of nitrogens with one attached hydrogen (secondary N) is 2. The van der Waals surface area contributed by atoms with E-state index < -0.39 is 11.8 Å². The fourth-order valence-corrected chi connectivity index (χ4v) is 3.24. The van der Waals surface area contributed by atoms with Crippen LogP contribution in [0, 0.1) is 0 Å². The minimum atomic E-state index is -0.543. The highest BCUT2D eigenvalue weighted by Gasteiger charge is 2.14. The molecule has 1 heterocycles. The molecule has 3 aromatic rings. The maximum Gasteiger partial charge on any atom is 0.287 e. The van der Waals surface area contributed by atoms with Gasteiger partial charge in [-0.15, -0.1) is 0 Å². The van der Waals surface area contributed by atoms with Gasteiger partial charge >= 0.3 is 0 Å². The van der Waals surface area contributed by atoms with Gasteiger partial charge in [0.05, 0.1) is 23.7 Å². The summed E-state index contributed by atoms with van der Waals surface area (Å²) in [6, 6.07) is 12.7. The largest absolute Gasteiger partial charge is 0.495 e. The van der Waals surface area contributed by atoms with Crippen LogP contribution in [0.3, 0.4) is 0 Å². The van der Waals surface area contributed by atoms with Gasteiger partial charge < -0.3 is 24.5 Å². The lowest BCUT2D eigenvalue weighted by atomic mass is 10.3. The Bertz CT molecular complexity index is 1100. The van der Waals surface area contributed by atoms with Gasteiger partial charge in [0.15, 0.2) is 5.76 Å². The predicted octanol–water partition coefficient (Wildman–Crippen LogP) is 5.20. The summed E-state index contributed by atoms with van der Waals surface area (Å²) in [6.07, 6.45) is 0. The van der Waals surface area contributed by atoms with E-state index in [1.165, 1.54) is 13.2 Å². The van der Waals surface area contributed by atoms with Gasteiger partial charge in [-0.3, -0.25) is 9.59 Å². The number of carbonyl (C=O) groups excluding carboxylic acids is 2. The van der Waals surface area contributed by atoms with Crippen LogP contribution >= 0.6 is 34.8 Å². The maximum atomic E-state index is 12.2. The molecule has 0 radical (unpaired) electrons. The number of furan rings is 1. The molecule has 1 aromatic heterocycles. The summed E-state index contributed by atoms with van der Waals surface area (Å²) in [6.45, 7) is -0.192. The van der Waals surface area contributed by atoms with E-state index in [-0.39, 0.29) is 18.9 Å². The zero-order chi connectivity index (χ0) is 22.4. The second-order valence-electron chi connectivity index (χ2n) is 6.21. The number of anilines is 1. The molecule has 0 saturated heterocycles. The summed E-state index contributed by atoms with van der Waals surface area (Å²) >= 11 is 17.9. The topological polar surface area (TPSA) is 89.8 Å². The van der Waals surface area contributed by atoms with Crippen LogP contribution in [-0.4, -0.2) is 25.5 Å². The first-order valence-corrected chi connectivity index (χ1v) is 10.1. The van der Waals surface area contributed by atoms with Crippen molar-refractivity contribution in [3.63, 3.8) is 0 Å². The summed E-state index contributed by atoms with van der Waals surface area (Å²) in [5, 5.41) is 6.32. The summed E-state index contributed by atoms with van der Waals surface area (Å²) < 4.78 is 16.1. The van der Waals surface area contributed by atoms with Crippen molar-refractivity contribution < 1.29 is 23.5 Å². The third kappa shape index (κ3) is 6.30. The van der Waals surface area contributed by atoms with E-state index in [2.05, 4.69) is 10.6 Å². The van der Waals surface area contributed by atoms with Crippen molar-refractivity contribution in [1.29, 1.82) is 0 Å². The van der Waals surface area contributed by atoms with Crippen molar-refractivity contribution in [3.8, 4) is 11.5 Å². The molecule has 0 spiro atoms. The lowest BCUT2D eigenvalue weighted by Gasteiger charge is -2.08. The van der Waals surface area contributed by atoms with E-state index in [9.17, 15) is 9.59 Å². The zero-order valence-corrected chi connectivity index (χ0v) is 18.5. The molecule has 0 unspecified atom stereocenters. The van der Waals surface area contributed by atoms with Crippen molar-refractivity contribution >= 4 is 52.3 Å². The molecule has 0 fully saturated rings. The third-order valence-electron chi connectivity index (χ3n) is 3.99. The van der Waals surface area contributed by atoms with Gasteiger partial charge in [-0.05, 0) is 48.5 Å². The maximum absolute atomic E-state index is 12.2. The summed E-state index contributed by atoms with van der Waals surface area (Å²) in [4.78, 5) is 24.3. The van der Waals surface area contributed by atoms with Gasteiger partial charge in [-0.1, -0.05) is 34.8 Å². The van der Waals surface area contributed by atoms with Gasteiger partial charge in [0.2, 0.25) is 5.91 Å². The van der Waals surface area contributed by atoms with E-state index in [4.69, 9.17) is 48.7 Å². The fourth-order valence-electron chi connectivity index (χ4n) is 2.52. The molecule has 0 aliphatic carbocycles. The van der Waals surface area contributed by atoms with Gasteiger partial charge in [-0.25, -0.2) is 0 Å². The molecule has 3 rings (SSSR count). The fraction of sp³-hybridized carbons (Fsp3) is 0.143. The van der Waals surface area contributed by atoms with Crippen LogP contribution in [0.25, 0.3) is 0 Å². The summed E-state index contributed by atoms with van der Waals surface area (Å²) in [5.41, 5.74) is 0.475. The number of methoxy groups -OCH3 is 1. The lowest BCUT2D eigenvalue weighted by molar-refractivity contribution is -0.115. The first kappa shape index (κ1) is 22.8. The Balaban J connectivity index is 1.49. The van der Waals surface area contributed by atoms with Crippen LogP contribution in [-0.2, 0) is 11.4 Å². The molecule has 162 valence electrons. The summed E-state index contributed by atoms with van der Waals surface area (Å²) in [7, 11) is 1.49. The van der Waals surface area contributed by atoms with Crippen molar-refractivity contribution in [2.75, 3.05) is 19.0 Å². The van der Waals surface area contributed by atoms with Crippen LogP contribution in [0.4, 0.5) is 5.69 Å². The second-order valence-corrected chi connectivity index (χ2v) is 7.46. The van der Waals surface area contributed by atoms with E-state index in [0.29, 0.717) is 38.0 Å². The van der Waals surface area contributed by atoms with Crippen molar-refractivity contribution in [1.82, 2.24) is 5.32 Å². The van der Waals surface area contributed by atoms with Crippen LogP contribution < -0.4 is 20.1 Å². The van der Waals surface area contributed by atoms with Crippen molar-refractivity contribution in [2.45, 2.75) is 6.61 Å². The molecule has 10 heteroatoms. The molecule has 0 saturated carbocycles. The van der Waals surface area contributed by atoms with Crippen LogP contribution in [0.2, 0.25) is 15.1 Å². The molecule has 0 bridgehead atoms. The smallest absolute Gasteiger partial charge is 0.287 e. The SMILES string of the molecule is COc1ccc(NC(=O)CNC(=O)c2ccc(COc3ccc(Cl)cc3Cl)o2)cc1Cl. The minimum absolute atomic E-state index is 0.0427. The highest BCUT2D eigenvalue weighted by molar-refractivity contribution is 6.35. The Kier molecular flexibility index (Phi) is 7.68. The van der Waals surface area contributed by atoms with E-state index in [0.717, 1.165) is 0 Å². The van der Waals surface area contributed by atoms with E-state index in [1.807, 2.05) is 0 Å². The molecule has 2 aromatic carbocycles. The Morgan fingerprint density at radius 3 is 2.42 bits per heavy atom. The average Bonchev–Trinajstić information content (AvgIpc) is 3.21. The molecule has 0 aliphatic rings. The Labute approximate surface area is 193 Å². The van der Waals surface area contributed by atoms with Crippen molar-refractivity contribution in [3.05, 3.63) is 75.1 Å². The summed E-state index contributed by atoms with van der Waals surface area (Å²) in [5.74, 6) is 0.406. The number of carbonyl (C=O) groups is 2. The number of ether oxygens (including phenoxy) is 2. The number of halogens is 3. The Hall–Kier alpha value is -2.87. The van der Waals surface area contributed by atoms with Gasteiger partial charge in [-0.2, -0.15) is 0 Å². The highest BCUT2D eigenvalue weighted by atomic mass is 35.5. The number of hydrogen-bond donors (Lipinski definition) is 2. The van der Waals surface area contributed by atoms with Gasteiger partial charge in [0.25, 0.3) is 5.91 Å². The predicted molar refractivity (Wildman–Crippen MR) is 118 cm³/mol. The number of hydrogen-bond acceptors (Lipinski definition) is 5. The van der Waals surface area contributed by atoms with Crippen LogP contribution in [0.15, 0.2) is 52.9 Å². The molecular weight excluding hydrogens is 467 g/mol. The number of rotatable bonds is 8. The van der Waals surface area contributed by atoms with Gasteiger partial charge in [0.1, 0.15) is 23.9 Å². The van der Waals surface area contributed by atoms with Crippen LogP contribution in [0.1, 0.15) is 16.3 Å². The van der Waals surface area contributed by atoms with Crippen molar-refractivity contribution in [2.24, 2.45) is 0 Å². The second kappa shape index (κ2) is 10.4. The third-order valence-corrected chi connectivity index (χ3v) is 4.82. The number of benzene rings is 2. The lowest BCUT2D eigenvalue weighted by Crippen LogP contribution is -2.32. The molecule has 0 aliphatic heterocycles. The first-order chi connectivity index (χ1) is 14.9. The average molecular weight is 484 g/mol. The number of amides is 2. The monoisotopic (exact) mass is 482 g/mol. The first-order valence-electron chi connectivity index (χ1n) is 8.94. The molecule has 2 amide bonds. The molecular formula is C21H17Cl3N2O5. The van der Waals surface area contributed by atoms with Gasteiger partial charge in [0, 0.05) is 10.7 Å². The minimum Gasteiger partial charge on any atom is -0.495 e. The normalized spacial score (nSPS) is 10.5. The molecule has 31 heavy (non-hydrogen) atoms. The van der Waals surface area contributed by atoms with E-state index >= 15 is 0 Å².